The molecule has 26 heavy (non-hydrogen) atoms. The Morgan fingerprint density at radius 1 is 1.31 bits per heavy atom. The molecule has 3 rings (SSSR count). The summed E-state index contributed by atoms with van der Waals surface area (Å²) >= 11 is 3.68. The van der Waals surface area contributed by atoms with E-state index in [0.29, 0.717) is 6.04 Å². The number of nitrogens with zero attached hydrogens (tertiary/aromatic N) is 2. The summed E-state index contributed by atoms with van der Waals surface area (Å²) in [6.45, 7) is 11.8. The lowest BCUT2D eigenvalue weighted by Gasteiger charge is -2.48. The van der Waals surface area contributed by atoms with E-state index in [1.54, 1.807) is 5.71 Å². The SMILES string of the molecule is CCCC[B-]1(CCCC)n2cc(Br)c(C=O)c2C[C@@H]2[N+]1=C(C)CC2(C)C. The zero-order chi connectivity index (χ0) is 19.1. The van der Waals surface area contributed by atoms with E-state index in [9.17, 15) is 4.79 Å². The molecule has 0 spiro atoms. The second kappa shape index (κ2) is 7.29. The molecule has 0 radical (unpaired) electrons. The number of halogens is 1. The molecule has 0 unspecified atom stereocenters. The van der Waals surface area contributed by atoms with Crippen LogP contribution >= 0.6 is 15.9 Å². The second-order valence-corrected chi connectivity index (χ2v) is 10.2. The lowest BCUT2D eigenvalue weighted by molar-refractivity contribution is -0.463. The monoisotopic (exact) mass is 420 g/mol. The van der Waals surface area contributed by atoms with Crippen LogP contribution in [0.3, 0.4) is 0 Å². The Bertz CT molecular complexity index is 727. The highest BCUT2D eigenvalue weighted by Gasteiger charge is 2.55. The summed E-state index contributed by atoms with van der Waals surface area (Å²) in [5, 5.41) is 0. The van der Waals surface area contributed by atoms with Crippen LogP contribution < -0.4 is 0 Å². The lowest BCUT2D eigenvalue weighted by Crippen LogP contribution is -2.63. The van der Waals surface area contributed by atoms with Gasteiger partial charge >= 0.3 is 6.42 Å². The Morgan fingerprint density at radius 2 is 1.92 bits per heavy atom. The number of hydrogen-bond acceptors (Lipinski definition) is 1. The molecule has 1 aromatic heterocycles. The van der Waals surface area contributed by atoms with Crippen LogP contribution in [0, 0.1) is 5.41 Å². The van der Waals surface area contributed by atoms with Gasteiger partial charge in [0.25, 0.3) is 0 Å². The number of carbonyl (C=O) groups is 1. The summed E-state index contributed by atoms with van der Waals surface area (Å²) in [6.07, 6.45) is 11.9. The van der Waals surface area contributed by atoms with Crippen LogP contribution in [0.2, 0.25) is 12.6 Å². The van der Waals surface area contributed by atoms with Gasteiger partial charge in [0.15, 0.2) is 6.29 Å². The predicted octanol–water partition coefficient (Wildman–Crippen LogP) is 5.78. The van der Waals surface area contributed by atoms with E-state index in [-0.39, 0.29) is 5.41 Å². The van der Waals surface area contributed by atoms with Gasteiger partial charge in [0, 0.05) is 40.9 Å². The summed E-state index contributed by atoms with van der Waals surface area (Å²) in [6, 6.07) is 0.504. The minimum atomic E-state index is -0.881. The maximum Gasteiger partial charge on any atom is 0.372 e. The van der Waals surface area contributed by atoms with E-state index in [1.165, 1.54) is 50.4 Å². The maximum absolute atomic E-state index is 11.9. The fourth-order valence-corrected chi connectivity index (χ4v) is 6.57. The highest BCUT2D eigenvalue weighted by atomic mass is 79.9. The molecule has 0 aliphatic carbocycles. The van der Waals surface area contributed by atoms with Gasteiger partial charge in [0.1, 0.15) is 6.04 Å². The first-order chi connectivity index (χ1) is 12.3. The van der Waals surface area contributed by atoms with Crippen LogP contribution in [0.25, 0.3) is 0 Å². The van der Waals surface area contributed by atoms with Crippen molar-refractivity contribution in [2.24, 2.45) is 5.41 Å². The minimum absolute atomic E-state index is 0.262. The van der Waals surface area contributed by atoms with Crippen molar-refractivity contribution in [1.29, 1.82) is 0 Å². The molecule has 0 amide bonds. The number of hydrogen-bond donors (Lipinski definition) is 0. The Kier molecular flexibility index (Phi) is 5.59. The molecule has 0 fully saturated rings. The minimum Gasteiger partial charge on any atom is -0.464 e. The number of aldehydes is 1. The molecule has 0 aromatic carbocycles. The van der Waals surface area contributed by atoms with E-state index in [2.05, 4.69) is 65.7 Å². The summed E-state index contributed by atoms with van der Waals surface area (Å²) in [5.41, 5.74) is 3.96. The van der Waals surface area contributed by atoms with Crippen LogP contribution in [0.4, 0.5) is 0 Å². The average molecular weight is 421 g/mol. The van der Waals surface area contributed by atoms with Crippen molar-refractivity contribution in [3.63, 3.8) is 0 Å². The number of carbonyl (C=O) groups excluding carboxylic acids is 1. The van der Waals surface area contributed by atoms with Crippen molar-refractivity contribution in [3.05, 3.63) is 21.9 Å². The Hall–Kier alpha value is -0.835. The van der Waals surface area contributed by atoms with Gasteiger partial charge < -0.3 is 8.96 Å². The predicted molar refractivity (Wildman–Crippen MR) is 115 cm³/mol. The van der Waals surface area contributed by atoms with Gasteiger partial charge in [-0.1, -0.05) is 66.0 Å². The van der Waals surface area contributed by atoms with E-state index in [4.69, 9.17) is 0 Å². The molecule has 3 heterocycles. The highest BCUT2D eigenvalue weighted by molar-refractivity contribution is 9.10. The Labute approximate surface area is 167 Å². The van der Waals surface area contributed by atoms with Gasteiger partial charge in [-0.05, 0) is 22.1 Å². The molecule has 0 saturated carbocycles. The van der Waals surface area contributed by atoms with Crippen LogP contribution in [0.1, 0.15) is 82.8 Å². The zero-order valence-electron chi connectivity index (χ0n) is 17.1. The third kappa shape index (κ3) is 2.94. The molecule has 2 aliphatic rings. The van der Waals surface area contributed by atoms with E-state index >= 15 is 0 Å². The third-order valence-corrected chi connectivity index (χ3v) is 7.73. The number of aromatic nitrogens is 1. The van der Waals surface area contributed by atoms with Crippen LogP contribution in [-0.4, -0.2) is 33.4 Å². The summed E-state index contributed by atoms with van der Waals surface area (Å²) < 4.78 is 6.35. The number of unbranched alkanes of at least 4 members (excludes halogenated alkanes) is 2. The fourth-order valence-electron chi connectivity index (χ4n) is 6.03. The number of fused-ring (bicyclic) bond motifs is 2. The second-order valence-electron chi connectivity index (χ2n) is 9.31. The van der Waals surface area contributed by atoms with Crippen molar-refractivity contribution < 1.29 is 9.28 Å². The van der Waals surface area contributed by atoms with Crippen molar-refractivity contribution >= 4 is 34.3 Å². The first-order valence-electron chi connectivity index (χ1n) is 10.5. The summed E-state index contributed by atoms with van der Waals surface area (Å²) in [7, 11) is 0. The molecular weight excluding hydrogens is 387 g/mol. The molecule has 1 atom stereocenters. The zero-order valence-corrected chi connectivity index (χ0v) is 18.7. The van der Waals surface area contributed by atoms with Gasteiger partial charge in [-0.25, -0.2) is 0 Å². The Morgan fingerprint density at radius 3 is 2.46 bits per heavy atom. The van der Waals surface area contributed by atoms with Gasteiger partial charge in [0.2, 0.25) is 0 Å². The first kappa shape index (κ1) is 19.9. The third-order valence-electron chi connectivity index (χ3n) is 7.10. The maximum atomic E-state index is 11.9. The summed E-state index contributed by atoms with van der Waals surface area (Å²) in [5.74, 6) is 0. The van der Waals surface area contributed by atoms with Gasteiger partial charge in [-0.3, -0.25) is 4.79 Å². The molecule has 0 bridgehead atoms. The fraction of sp³-hybridized carbons (Fsp3) is 0.714. The van der Waals surface area contributed by atoms with Crippen LogP contribution in [-0.2, 0) is 6.42 Å². The van der Waals surface area contributed by atoms with Gasteiger partial charge in [0.05, 0.1) is 5.71 Å². The van der Waals surface area contributed by atoms with E-state index < -0.39 is 6.42 Å². The molecule has 3 nitrogen and oxygen atoms in total. The average Bonchev–Trinajstić information content (AvgIpc) is 3.04. The molecule has 2 aliphatic heterocycles. The van der Waals surface area contributed by atoms with Crippen molar-refractivity contribution in [2.75, 3.05) is 0 Å². The molecule has 0 saturated heterocycles. The van der Waals surface area contributed by atoms with Gasteiger partial charge in [-0.2, -0.15) is 0 Å². The number of rotatable bonds is 7. The summed E-state index contributed by atoms with van der Waals surface area (Å²) in [4.78, 5) is 11.9. The Balaban J connectivity index is 2.26. The van der Waals surface area contributed by atoms with Crippen molar-refractivity contribution in [1.82, 2.24) is 4.48 Å². The molecular formula is C21H34BBrN2O. The van der Waals surface area contributed by atoms with Crippen molar-refractivity contribution in [2.45, 2.75) is 91.8 Å². The van der Waals surface area contributed by atoms with E-state index in [1.807, 2.05) is 0 Å². The topological polar surface area (TPSA) is 25.0 Å². The van der Waals surface area contributed by atoms with Crippen LogP contribution in [0.5, 0.6) is 0 Å². The molecule has 5 heteroatoms. The lowest BCUT2D eigenvalue weighted by atomic mass is 9.37. The molecule has 1 aromatic rings. The molecule has 144 valence electrons. The largest absolute Gasteiger partial charge is 0.464 e. The van der Waals surface area contributed by atoms with Gasteiger partial charge in [-0.15, -0.1) is 0 Å². The van der Waals surface area contributed by atoms with Crippen LogP contribution in [0.15, 0.2) is 10.7 Å². The van der Waals surface area contributed by atoms with E-state index in [0.717, 1.165) is 22.7 Å². The normalized spacial score (nSPS) is 23.1. The first-order valence-corrected chi connectivity index (χ1v) is 11.3. The molecule has 0 N–H and O–H groups in total. The highest BCUT2D eigenvalue weighted by Crippen LogP contribution is 2.46. The van der Waals surface area contributed by atoms with Crippen molar-refractivity contribution in [3.8, 4) is 0 Å². The smallest absolute Gasteiger partial charge is 0.372 e. The quantitative estimate of drug-likeness (QED) is 0.405. The standard InChI is InChI=1S/C21H34BBrN2O/c1-6-8-10-22(11-9-7-2)24-14-18(23)17(15-26)19(24)12-20-21(4,5)13-16(3)25(20)22/h14-15,20H,6-13H2,1-5H3/t20-/m0/s1.